The number of carbonyl (C=O) groups is 2. The van der Waals surface area contributed by atoms with Gasteiger partial charge in [0.2, 0.25) is 6.23 Å². The lowest BCUT2D eigenvalue weighted by molar-refractivity contribution is -0.174. The highest BCUT2D eigenvalue weighted by molar-refractivity contribution is 7.36. The normalized spacial score (nSPS) is 22.1. The first-order chi connectivity index (χ1) is 16.9. The standard InChI is InChI=1S/C20H21F2N4O9P/c1-11(17(28)29)26(35-13-6-4-3-5-7-13)36(31)32-10-14-16(33-12(2)27)20(21,22)18(34-14)25-9-8-15(23)24-19(25)30/h3-9,11,14,16,18H,10H2,1-2H3,(H2-,23,24,28,29,30)/p+1/t11?,14-,16-,18?/m1/s1. The van der Waals surface area contributed by atoms with E-state index in [1.54, 1.807) is 18.2 Å². The molecule has 3 rings (SSSR count). The van der Waals surface area contributed by atoms with Crippen LogP contribution in [-0.2, 0) is 28.2 Å². The molecule has 1 aromatic heterocycles. The Morgan fingerprint density at radius 2 is 2.00 bits per heavy atom. The van der Waals surface area contributed by atoms with E-state index in [4.69, 9.17) is 24.6 Å². The van der Waals surface area contributed by atoms with E-state index in [-0.39, 0.29) is 11.6 Å². The fraction of sp³-hybridized carbons (Fsp3) is 0.400. The zero-order chi connectivity index (χ0) is 26.6. The number of carboxylic acid groups (broad SMARTS) is 1. The molecule has 2 aromatic rings. The van der Waals surface area contributed by atoms with Crippen LogP contribution < -0.4 is 16.3 Å². The van der Waals surface area contributed by atoms with Crippen LogP contribution in [0.3, 0.4) is 0 Å². The van der Waals surface area contributed by atoms with E-state index in [9.17, 15) is 24.1 Å². The van der Waals surface area contributed by atoms with E-state index in [1.165, 1.54) is 19.1 Å². The number of rotatable bonds is 10. The van der Waals surface area contributed by atoms with Crippen molar-refractivity contribution in [3.63, 3.8) is 0 Å². The Balaban J connectivity index is 1.82. The number of nitrogens with two attached hydrogens (primary N) is 1. The first-order valence-corrected chi connectivity index (χ1v) is 11.4. The van der Waals surface area contributed by atoms with Crippen LogP contribution in [0.4, 0.5) is 14.6 Å². The summed E-state index contributed by atoms with van der Waals surface area (Å²) in [5.74, 6) is -6.50. The summed E-state index contributed by atoms with van der Waals surface area (Å²) in [4.78, 5) is 44.4. The molecule has 36 heavy (non-hydrogen) atoms. The van der Waals surface area contributed by atoms with Crippen LogP contribution in [0.5, 0.6) is 5.75 Å². The van der Waals surface area contributed by atoms with Crippen LogP contribution in [0.2, 0.25) is 0 Å². The lowest BCUT2D eigenvalue weighted by Crippen LogP contribution is -2.44. The first-order valence-electron chi connectivity index (χ1n) is 10.3. The molecule has 2 heterocycles. The Bertz CT molecular complexity index is 1180. The minimum absolute atomic E-state index is 0.134. The Kier molecular flexibility index (Phi) is 8.30. The van der Waals surface area contributed by atoms with Gasteiger partial charge in [-0.05, 0) is 29.7 Å². The van der Waals surface area contributed by atoms with Gasteiger partial charge in [-0.15, -0.1) is 4.52 Å². The maximum absolute atomic E-state index is 15.2. The molecule has 1 aromatic carbocycles. The van der Waals surface area contributed by atoms with Crippen molar-refractivity contribution in [1.29, 1.82) is 0 Å². The summed E-state index contributed by atoms with van der Waals surface area (Å²) in [6, 6.07) is 7.37. The summed E-state index contributed by atoms with van der Waals surface area (Å²) in [6.45, 7) is 1.21. The highest BCUT2D eigenvalue weighted by Gasteiger charge is 2.63. The molecule has 13 nitrogen and oxygen atoms in total. The quantitative estimate of drug-likeness (QED) is 0.259. The van der Waals surface area contributed by atoms with Gasteiger partial charge in [0.05, 0.1) is 0 Å². The number of aliphatic carboxylic acids is 1. The number of benzene rings is 1. The van der Waals surface area contributed by atoms with Crippen LogP contribution in [-0.4, -0.2) is 62.2 Å². The largest absolute Gasteiger partial charge is 0.653 e. The number of aromatic nitrogens is 2. The maximum atomic E-state index is 15.2. The van der Waals surface area contributed by atoms with Crippen molar-refractivity contribution < 1.29 is 46.9 Å². The second-order valence-corrected chi connectivity index (χ2v) is 8.66. The van der Waals surface area contributed by atoms with Gasteiger partial charge in [-0.25, -0.2) is 4.79 Å². The molecule has 1 fully saturated rings. The minimum atomic E-state index is -3.94. The summed E-state index contributed by atoms with van der Waals surface area (Å²) in [6.07, 6.45) is -5.28. The van der Waals surface area contributed by atoms with Gasteiger partial charge >= 0.3 is 31.7 Å². The van der Waals surface area contributed by atoms with Crippen molar-refractivity contribution in [2.75, 3.05) is 12.3 Å². The summed E-state index contributed by atoms with van der Waals surface area (Å²) >= 11 is 0. The second-order valence-electron chi connectivity index (χ2n) is 7.53. The van der Waals surface area contributed by atoms with Crippen molar-refractivity contribution in [1.82, 2.24) is 14.4 Å². The topological polar surface area (TPSA) is 173 Å². The molecule has 194 valence electrons. The molecule has 5 atom stereocenters. The maximum Gasteiger partial charge on any atom is 0.653 e. The summed E-state index contributed by atoms with van der Waals surface area (Å²) < 4.78 is 58.8. The van der Waals surface area contributed by atoms with E-state index in [1.807, 2.05) is 0 Å². The fourth-order valence-electron chi connectivity index (χ4n) is 3.16. The molecule has 0 amide bonds. The van der Waals surface area contributed by atoms with Gasteiger partial charge in [0.25, 0.3) is 0 Å². The van der Waals surface area contributed by atoms with Crippen molar-refractivity contribution in [2.45, 2.75) is 44.2 Å². The Morgan fingerprint density at radius 3 is 2.58 bits per heavy atom. The van der Waals surface area contributed by atoms with Gasteiger partial charge in [0.1, 0.15) is 23.4 Å². The van der Waals surface area contributed by atoms with E-state index >= 15 is 8.78 Å². The molecule has 3 unspecified atom stereocenters. The van der Waals surface area contributed by atoms with Gasteiger partial charge in [-0.1, -0.05) is 18.2 Å². The zero-order valence-electron chi connectivity index (χ0n) is 18.9. The van der Waals surface area contributed by atoms with Crippen LogP contribution in [0, 0.1) is 0 Å². The molecule has 0 aliphatic carbocycles. The molecule has 0 bridgehead atoms. The molecule has 0 saturated carbocycles. The number of para-hydroxylation sites is 1. The lowest BCUT2D eigenvalue weighted by atomic mass is 10.1. The highest BCUT2D eigenvalue weighted by Crippen LogP contribution is 2.45. The number of hydrogen-bond acceptors (Lipinski definition) is 10. The third-order valence-corrected chi connectivity index (χ3v) is 6.01. The monoisotopic (exact) mass is 531 g/mol. The molecular weight excluding hydrogens is 509 g/mol. The average molecular weight is 531 g/mol. The van der Waals surface area contributed by atoms with Gasteiger partial charge in [-0.2, -0.15) is 13.8 Å². The van der Waals surface area contributed by atoms with Crippen molar-refractivity contribution in [3.8, 4) is 5.75 Å². The fourth-order valence-corrected chi connectivity index (χ4v) is 4.09. The van der Waals surface area contributed by atoms with Gasteiger partial charge in [0.15, 0.2) is 17.9 Å². The molecule has 3 N–H and O–H groups in total. The Hall–Kier alpha value is -3.52. The molecular formula is C20H22F2N4O9P+. The van der Waals surface area contributed by atoms with E-state index in [0.717, 1.165) is 19.2 Å². The third-order valence-electron chi connectivity index (χ3n) is 4.89. The van der Waals surface area contributed by atoms with E-state index in [2.05, 4.69) is 4.98 Å². The van der Waals surface area contributed by atoms with Gasteiger partial charge in [0, 0.05) is 13.1 Å². The number of ether oxygens (including phenoxy) is 2. The van der Waals surface area contributed by atoms with Crippen LogP contribution in [0.15, 0.2) is 47.4 Å². The number of nitrogen functional groups attached to an aromatic ring is 1. The molecule has 16 heteroatoms. The van der Waals surface area contributed by atoms with Crippen LogP contribution in [0.1, 0.15) is 20.1 Å². The number of esters is 1. The number of hydroxylamine groups is 1. The van der Waals surface area contributed by atoms with Crippen LogP contribution >= 0.6 is 8.18 Å². The third kappa shape index (κ3) is 5.99. The van der Waals surface area contributed by atoms with Crippen molar-refractivity contribution in [3.05, 3.63) is 53.1 Å². The smallest absolute Gasteiger partial charge is 0.480 e. The highest BCUT2D eigenvalue weighted by atomic mass is 31.1. The number of anilines is 1. The predicted octanol–water partition coefficient (Wildman–Crippen LogP) is 1.73. The van der Waals surface area contributed by atoms with Gasteiger partial charge < -0.3 is 25.2 Å². The number of halogens is 2. The van der Waals surface area contributed by atoms with E-state index in [0.29, 0.717) is 9.40 Å². The molecule has 0 spiro atoms. The number of nitrogens with zero attached hydrogens (tertiary/aromatic N) is 3. The average Bonchev–Trinajstić information content (AvgIpc) is 3.05. The SMILES string of the molecule is CC(=O)O[C@@H]1[C@@H](CO[P+](=O)N(Oc2ccccc2)C(C)C(=O)O)OC(n2ccc(N)nc2=O)C1(F)F. The summed E-state index contributed by atoms with van der Waals surface area (Å²) in [5, 5.41) is 9.34. The van der Waals surface area contributed by atoms with Gasteiger partial charge in [-0.3, -0.25) is 14.2 Å². The number of alkyl halides is 2. The van der Waals surface area contributed by atoms with Crippen LogP contribution in [0.25, 0.3) is 0 Å². The molecule has 1 saturated heterocycles. The Labute approximate surface area is 203 Å². The predicted molar refractivity (Wildman–Crippen MR) is 117 cm³/mol. The number of carbonyl (C=O) groups excluding carboxylic acids is 1. The zero-order valence-corrected chi connectivity index (χ0v) is 19.8. The first kappa shape index (κ1) is 27.1. The van der Waals surface area contributed by atoms with E-state index < -0.39 is 62.8 Å². The number of hydrogen-bond donors (Lipinski definition) is 2. The van der Waals surface area contributed by atoms with Crippen molar-refractivity contribution >= 4 is 25.9 Å². The number of carboxylic acids is 1. The lowest BCUT2D eigenvalue weighted by Gasteiger charge is -2.23. The second kappa shape index (κ2) is 11.0. The molecule has 0 radical (unpaired) electrons. The minimum Gasteiger partial charge on any atom is -0.480 e. The summed E-state index contributed by atoms with van der Waals surface area (Å²) in [7, 11) is -3.09. The Morgan fingerprint density at radius 1 is 1.33 bits per heavy atom. The summed E-state index contributed by atoms with van der Waals surface area (Å²) in [5.41, 5.74) is 4.24. The van der Waals surface area contributed by atoms with Crippen molar-refractivity contribution in [2.24, 2.45) is 0 Å². The molecule has 1 aliphatic heterocycles. The molecule has 1 aliphatic rings.